The zero-order valence-electron chi connectivity index (χ0n) is 12.9. The van der Waals surface area contributed by atoms with Gasteiger partial charge in [-0.2, -0.15) is 0 Å². The standard InChI is InChI=1S/C19H27NO/c21-18-16-7-3-2-6-15(16)14-17(18)20-12-10-19(11-13-20)8-4-1-5-9-19/h2-3,6-7,17-18,21H,1,4-5,8-14H2. The van der Waals surface area contributed by atoms with E-state index in [0.29, 0.717) is 11.5 Å². The zero-order valence-corrected chi connectivity index (χ0v) is 12.9. The molecule has 2 aliphatic carbocycles. The molecule has 0 radical (unpaired) electrons. The fraction of sp³-hybridized carbons (Fsp3) is 0.684. The topological polar surface area (TPSA) is 23.5 Å². The molecule has 114 valence electrons. The van der Waals surface area contributed by atoms with Crippen LogP contribution >= 0.6 is 0 Å². The first-order chi connectivity index (χ1) is 10.3. The Hall–Kier alpha value is -0.860. The predicted octanol–water partition coefficient (Wildman–Crippen LogP) is 3.69. The second-order valence-corrected chi connectivity index (χ2v) is 7.51. The lowest BCUT2D eigenvalue weighted by molar-refractivity contribution is 0.00332. The lowest BCUT2D eigenvalue weighted by Gasteiger charge is -2.46. The van der Waals surface area contributed by atoms with Crippen LogP contribution in [0.5, 0.6) is 0 Å². The molecule has 1 aromatic rings. The molecule has 1 spiro atoms. The fourth-order valence-electron chi connectivity index (χ4n) is 5.01. The van der Waals surface area contributed by atoms with E-state index in [4.69, 9.17) is 0 Å². The first kappa shape index (κ1) is 13.8. The van der Waals surface area contributed by atoms with Crippen LogP contribution in [0, 0.1) is 5.41 Å². The Balaban J connectivity index is 1.43. The molecule has 2 unspecified atom stereocenters. The number of aliphatic hydroxyl groups is 1. The average molecular weight is 285 g/mol. The Morgan fingerprint density at radius 3 is 2.38 bits per heavy atom. The minimum Gasteiger partial charge on any atom is -0.387 e. The molecule has 4 rings (SSSR count). The second-order valence-electron chi connectivity index (χ2n) is 7.51. The van der Waals surface area contributed by atoms with Crippen LogP contribution in [0.3, 0.4) is 0 Å². The minimum atomic E-state index is -0.276. The molecule has 0 bridgehead atoms. The molecule has 21 heavy (non-hydrogen) atoms. The molecule has 2 nitrogen and oxygen atoms in total. The molecule has 2 atom stereocenters. The van der Waals surface area contributed by atoms with Crippen LogP contribution in [0.1, 0.15) is 62.2 Å². The number of piperidine rings is 1. The summed E-state index contributed by atoms with van der Waals surface area (Å²) in [5.41, 5.74) is 3.18. The van der Waals surface area contributed by atoms with Gasteiger partial charge in [0, 0.05) is 6.04 Å². The van der Waals surface area contributed by atoms with E-state index < -0.39 is 0 Å². The van der Waals surface area contributed by atoms with Crippen LogP contribution in [0.4, 0.5) is 0 Å². The van der Waals surface area contributed by atoms with Crippen LogP contribution in [0.25, 0.3) is 0 Å². The van der Waals surface area contributed by atoms with Gasteiger partial charge >= 0.3 is 0 Å². The highest BCUT2D eigenvalue weighted by molar-refractivity contribution is 5.36. The first-order valence-corrected chi connectivity index (χ1v) is 8.77. The molecule has 1 saturated heterocycles. The average Bonchev–Trinajstić information content (AvgIpc) is 2.87. The van der Waals surface area contributed by atoms with E-state index in [1.807, 2.05) is 0 Å². The zero-order chi connectivity index (χ0) is 14.3. The molecule has 1 aromatic carbocycles. The third-order valence-corrected chi connectivity index (χ3v) is 6.41. The molecule has 2 fully saturated rings. The quantitative estimate of drug-likeness (QED) is 0.850. The highest BCUT2D eigenvalue weighted by Gasteiger charge is 2.41. The molecule has 1 aliphatic heterocycles. The molecule has 3 aliphatic rings. The molecule has 2 heteroatoms. The summed E-state index contributed by atoms with van der Waals surface area (Å²) in [7, 11) is 0. The molecule has 1 saturated carbocycles. The van der Waals surface area contributed by atoms with Gasteiger partial charge in [0.15, 0.2) is 0 Å². The molecule has 1 N–H and O–H groups in total. The van der Waals surface area contributed by atoms with Crippen molar-refractivity contribution in [2.75, 3.05) is 13.1 Å². The number of benzene rings is 1. The van der Waals surface area contributed by atoms with Crippen molar-refractivity contribution in [1.82, 2.24) is 4.90 Å². The summed E-state index contributed by atoms with van der Waals surface area (Å²) in [5, 5.41) is 10.7. The third-order valence-electron chi connectivity index (χ3n) is 6.41. The van der Waals surface area contributed by atoms with Gasteiger partial charge in [-0.15, -0.1) is 0 Å². The summed E-state index contributed by atoms with van der Waals surface area (Å²) in [6.07, 6.45) is 10.7. The Bertz CT molecular complexity index is 496. The number of rotatable bonds is 1. The third kappa shape index (κ3) is 2.43. The number of aliphatic hydroxyl groups excluding tert-OH is 1. The van der Waals surface area contributed by atoms with Crippen molar-refractivity contribution in [2.45, 2.75) is 63.5 Å². The van der Waals surface area contributed by atoms with E-state index >= 15 is 0 Å². The predicted molar refractivity (Wildman–Crippen MR) is 85.2 cm³/mol. The Kier molecular flexibility index (Phi) is 3.55. The van der Waals surface area contributed by atoms with Crippen molar-refractivity contribution in [3.8, 4) is 0 Å². The highest BCUT2D eigenvalue weighted by atomic mass is 16.3. The number of hydrogen-bond donors (Lipinski definition) is 1. The normalized spacial score (nSPS) is 32.2. The van der Waals surface area contributed by atoms with Crippen molar-refractivity contribution in [1.29, 1.82) is 0 Å². The summed E-state index contributed by atoms with van der Waals surface area (Å²) >= 11 is 0. The lowest BCUT2D eigenvalue weighted by Crippen LogP contribution is -2.47. The number of fused-ring (bicyclic) bond motifs is 1. The monoisotopic (exact) mass is 285 g/mol. The maximum Gasteiger partial charge on any atom is 0.0951 e. The van der Waals surface area contributed by atoms with Crippen LogP contribution in [-0.2, 0) is 6.42 Å². The van der Waals surface area contributed by atoms with Crippen molar-refractivity contribution in [3.63, 3.8) is 0 Å². The van der Waals surface area contributed by atoms with E-state index in [-0.39, 0.29) is 6.10 Å². The van der Waals surface area contributed by atoms with Gasteiger partial charge in [-0.05, 0) is 61.7 Å². The number of likely N-dealkylation sites (tertiary alicyclic amines) is 1. The molecule has 0 aromatic heterocycles. The van der Waals surface area contributed by atoms with E-state index in [1.54, 1.807) is 0 Å². The van der Waals surface area contributed by atoms with Crippen LogP contribution in [0.2, 0.25) is 0 Å². The van der Waals surface area contributed by atoms with E-state index in [2.05, 4.69) is 29.2 Å². The molecule has 0 amide bonds. The minimum absolute atomic E-state index is 0.276. The van der Waals surface area contributed by atoms with Crippen molar-refractivity contribution in [2.24, 2.45) is 5.41 Å². The SMILES string of the molecule is OC1c2ccccc2CC1N1CCC2(CCCCC2)CC1. The maximum absolute atomic E-state index is 10.7. The van der Waals surface area contributed by atoms with Gasteiger partial charge in [-0.1, -0.05) is 43.5 Å². The van der Waals surface area contributed by atoms with E-state index in [0.717, 1.165) is 6.42 Å². The van der Waals surface area contributed by atoms with Crippen LogP contribution in [0.15, 0.2) is 24.3 Å². The molecular weight excluding hydrogens is 258 g/mol. The van der Waals surface area contributed by atoms with E-state index in [9.17, 15) is 5.11 Å². The number of nitrogens with zero attached hydrogens (tertiary/aromatic N) is 1. The van der Waals surface area contributed by atoms with Crippen LogP contribution < -0.4 is 0 Å². The Morgan fingerprint density at radius 1 is 0.952 bits per heavy atom. The van der Waals surface area contributed by atoms with Gasteiger partial charge in [0.05, 0.1) is 6.10 Å². The number of hydrogen-bond acceptors (Lipinski definition) is 2. The van der Waals surface area contributed by atoms with Gasteiger partial charge in [-0.3, -0.25) is 4.90 Å². The molecular formula is C19H27NO. The van der Waals surface area contributed by atoms with Gasteiger partial charge in [0.1, 0.15) is 0 Å². The first-order valence-electron chi connectivity index (χ1n) is 8.77. The Morgan fingerprint density at radius 2 is 1.67 bits per heavy atom. The largest absolute Gasteiger partial charge is 0.387 e. The van der Waals surface area contributed by atoms with Gasteiger partial charge < -0.3 is 5.11 Å². The summed E-state index contributed by atoms with van der Waals surface area (Å²) in [6.45, 7) is 2.38. The van der Waals surface area contributed by atoms with Gasteiger partial charge in [0.25, 0.3) is 0 Å². The van der Waals surface area contributed by atoms with Crippen molar-refractivity contribution in [3.05, 3.63) is 35.4 Å². The van der Waals surface area contributed by atoms with Gasteiger partial charge in [0.2, 0.25) is 0 Å². The van der Waals surface area contributed by atoms with Gasteiger partial charge in [-0.25, -0.2) is 0 Å². The summed E-state index contributed by atoms with van der Waals surface area (Å²) in [5.74, 6) is 0. The summed E-state index contributed by atoms with van der Waals surface area (Å²) in [4.78, 5) is 2.57. The fourth-order valence-corrected chi connectivity index (χ4v) is 5.01. The van der Waals surface area contributed by atoms with Crippen molar-refractivity contribution >= 4 is 0 Å². The highest BCUT2D eigenvalue weighted by Crippen LogP contribution is 2.46. The second kappa shape index (κ2) is 5.40. The van der Waals surface area contributed by atoms with E-state index in [1.165, 1.54) is 69.2 Å². The Labute approximate surface area is 128 Å². The molecule has 1 heterocycles. The summed E-state index contributed by atoms with van der Waals surface area (Å²) in [6, 6.07) is 8.76. The van der Waals surface area contributed by atoms with Crippen LogP contribution in [-0.4, -0.2) is 29.1 Å². The van der Waals surface area contributed by atoms with Crippen molar-refractivity contribution < 1.29 is 5.11 Å². The smallest absolute Gasteiger partial charge is 0.0951 e. The lowest BCUT2D eigenvalue weighted by atomic mass is 9.68. The maximum atomic E-state index is 10.7. The summed E-state index contributed by atoms with van der Waals surface area (Å²) < 4.78 is 0.